The Morgan fingerprint density at radius 3 is 1.11 bits per heavy atom. The molecule has 270 valence electrons. The van der Waals surface area contributed by atoms with Gasteiger partial charge in [0.05, 0.1) is 0 Å². The van der Waals surface area contributed by atoms with Crippen LogP contribution in [0.4, 0.5) is 0 Å². The molecule has 0 aromatic heterocycles. The third kappa shape index (κ3) is 4.80. The maximum absolute atomic E-state index is 14.8. The molecule has 6 heteroatoms. The number of benzene rings is 6. The minimum atomic E-state index is -1.53. The van der Waals surface area contributed by atoms with Crippen LogP contribution in [0, 0.1) is 0 Å². The highest BCUT2D eigenvalue weighted by molar-refractivity contribution is 6.35. The molecule has 0 N–H and O–H groups in total. The number of hydrogen-bond donors (Lipinski definition) is 0. The van der Waals surface area contributed by atoms with E-state index in [2.05, 4.69) is 0 Å². The molecule has 6 nitrogen and oxygen atoms in total. The van der Waals surface area contributed by atoms with Crippen molar-refractivity contribution in [2.24, 2.45) is 0 Å². The lowest BCUT2D eigenvalue weighted by molar-refractivity contribution is -0.0811. The van der Waals surface area contributed by atoms with E-state index in [0.717, 1.165) is 21.9 Å². The van der Waals surface area contributed by atoms with Crippen molar-refractivity contribution in [1.29, 1.82) is 0 Å². The van der Waals surface area contributed by atoms with Crippen LogP contribution in [0.25, 0.3) is 32.7 Å². The van der Waals surface area contributed by atoms with Gasteiger partial charge in [0, 0.05) is 77.6 Å². The Balaban J connectivity index is 1.50. The molecule has 1 heterocycles. The maximum Gasteiger partial charge on any atom is 0.305 e. The molecular formula is C49H38O6. The maximum atomic E-state index is 14.8. The van der Waals surface area contributed by atoms with Gasteiger partial charge in [-0.2, -0.15) is 0 Å². The van der Waals surface area contributed by atoms with Crippen LogP contribution in [-0.2, 0) is 5.79 Å². The van der Waals surface area contributed by atoms with Crippen LogP contribution in [0.2, 0.25) is 0 Å². The Bertz CT molecular complexity index is 2560. The van der Waals surface area contributed by atoms with Gasteiger partial charge in [-0.1, -0.05) is 113 Å². The van der Waals surface area contributed by atoms with E-state index in [9.17, 15) is 19.2 Å². The first-order valence-electron chi connectivity index (χ1n) is 19.1. The fourth-order valence-electron chi connectivity index (χ4n) is 9.03. The van der Waals surface area contributed by atoms with Gasteiger partial charge in [0.2, 0.25) is 0 Å². The fraction of sp³-hybridized carbons (Fsp3) is 0.184. The predicted octanol–water partition coefficient (Wildman–Crippen LogP) is 11.3. The molecule has 0 unspecified atom stereocenters. The molecule has 0 radical (unpaired) electrons. The van der Waals surface area contributed by atoms with Gasteiger partial charge in [-0.3, -0.25) is 19.2 Å². The summed E-state index contributed by atoms with van der Waals surface area (Å²) in [6.07, 6.45) is 1.68. The molecule has 9 rings (SSSR count). The zero-order valence-corrected chi connectivity index (χ0v) is 31.2. The Kier molecular flexibility index (Phi) is 8.05. The largest absolute Gasteiger partial charge is 0.444 e. The average molecular weight is 723 g/mol. The van der Waals surface area contributed by atoms with Gasteiger partial charge in [-0.15, -0.1) is 0 Å². The van der Waals surface area contributed by atoms with E-state index in [4.69, 9.17) is 9.47 Å². The van der Waals surface area contributed by atoms with Crippen molar-refractivity contribution >= 4 is 44.7 Å². The number of Topliss-reactive ketones (excluding diaryl/α,β-unsaturated/α-hetero) is 4. The van der Waals surface area contributed by atoms with Crippen LogP contribution in [0.5, 0.6) is 11.5 Å². The van der Waals surface area contributed by atoms with Crippen LogP contribution >= 0.6 is 0 Å². The summed E-state index contributed by atoms with van der Waals surface area (Å²) in [6.45, 7) is 7.61. The molecule has 2 aliphatic carbocycles. The summed E-state index contributed by atoms with van der Waals surface area (Å²) in [5.41, 5.74) is 5.83. The second kappa shape index (κ2) is 12.9. The normalized spacial score (nSPS) is 16.0. The Hall–Kier alpha value is -6.40. The highest BCUT2D eigenvalue weighted by atomic mass is 16.7. The second-order valence-corrected chi connectivity index (χ2v) is 14.2. The molecule has 0 saturated heterocycles. The third-order valence-corrected chi connectivity index (χ3v) is 11.5. The zero-order valence-electron chi connectivity index (χ0n) is 31.2. The van der Waals surface area contributed by atoms with Gasteiger partial charge in [-0.25, -0.2) is 0 Å². The number of rotatable bonds is 6. The smallest absolute Gasteiger partial charge is 0.305 e. The molecule has 0 saturated carbocycles. The highest BCUT2D eigenvalue weighted by Gasteiger charge is 2.45. The topological polar surface area (TPSA) is 86.7 Å². The monoisotopic (exact) mass is 722 g/mol. The second-order valence-electron chi connectivity index (χ2n) is 14.2. The first-order valence-corrected chi connectivity index (χ1v) is 19.1. The SMILES string of the molecule is CCC1=C(CC)C(=O)c2c(ccc3ccc4c(c23)-c2c(ccc3ccc5c(c23)C(=O)C(CC)=C(CC)C5=O)OC(c2ccccc2)(c2ccccc2)O4)C1=O. The quantitative estimate of drug-likeness (QED) is 0.170. The van der Waals surface area contributed by atoms with E-state index in [-0.39, 0.29) is 23.1 Å². The lowest BCUT2D eigenvalue weighted by Crippen LogP contribution is -2.40. The van der Waals surface area contributed by atoms with Crippen molar-refractivity contribution < 1.29 is 28.7 Å². The Morgan fingerprint density at radius 1 is 0.400 bits per heavy atom. The van der Waals surface area contributed by atoms with Gasteiger partial charge >= 0.3 is 5.79 Å². The standard InChI is InChI=1S/C49H38O6/c1-5-31-33(7-3)47(52)41-35(45(31)50)23-19-27-21-25-37-43(39(27)41)44-38(55-49(54-37,29-15-11-9-12-16-29)30-17-13-10-14-18-30)26-22-28-20-24-36-42(40(28)44)48(53)34(8-4)32(6-2)46(36)51/h9-26H,5-8H2,1-4H3. The van der Waals surface area contributed by atoms with Crippen molar-refractivity contribution in [3.8, 4) is 22.6 Å². The van der Waals surface area contributed by atoms with Crippen LogP contribution in [0.15, 0.2) is 131 Å². The van der Waals surface area contributed by atoms with Crippen molar-refractivity contribution in [2.45, 2.75) is 59.2 Å². The summed E-state index contributed by atoms with van der Waals surface area (Å²) in [6, 6.07) is 34.2. The minimum Gasteiger partial charge on any atom is -0.444 e. The van der Waals surface area contributed by atoms with E-state index in [0.29, 0.717) is 104 Å². The molecule has 6 aromatic rings. The molecule has 0 spiro atoms. The number of fused-ring (bicyclic) bond motifs is 11. The minimum absolute atomic E-state index is 0.164. The molecule has 0 atom stereocenters. The van der Waals surface area contributed by atoms with Gasteiger partial charge in [0.25, 0.3) is 0 Å². The predicted molar refractivity (Wildman–Crippen MR) is 214 cm³/mol. The van der Waals surface area contributed by atoms with E-state index in [1.165, 1.54) is 0 Å². The van der Waals surface area contributed by atoms with Crippen LogP contribution in [-0.4, -0.2) is 23.1 Å². The van der Waals surface area contributed by atoms with Gasteiger partial charge < -0.3 is 9.47 Å². The molecule has 3 aliphatic rings. The molecule has 0 fully saturated rings. The van der Waals surface area contributed by atoms with Crippen LogP contribution < -0.4 is 9.47 Å². The van der Waals surface area contributed by atoms with Gasteiger partial charge in [0.15, 0.2) is 23.1 Å². The number of allylic oxidation sites excluding steroid dienone is 4. The summed E-state index contributed by atoms with van der Waals surface area (Å²) in [5.74, 6) is -1.46. The van der Waals surface area contributed by atoms with Crippen LogP contribution in [0.3, 0.4) is 0 Å². The van der Waals surface area contributed by atoms with Crippen LogP contribution in [0.1, 0.15) is 106 Å². The summed E-state index contributed by atoms with van der Waals surface area (Å²) in [5, 5.41) is 2.53. The Morgan fingerprint density at radius 2 is 0.745 bits per heavy atom. The molecule has 1 aliphatic heterocycles. The molecule has 6 aromatic carbocycles. The lowest BCUT2D eigenvalue weighted by atomic mass is 9.76. The number of ether oxygens (including phenoxy) is 2. The van der Waals surface area contributed by atoms with Gasteiger partial charge in [-0.05, 0) is 60.7 Å². The van der Waals surface area contributed by atoms with Crippen molar-refractivity contribution in [1.82, 2.24) is 0 Å². The highest BCUT2D eigenvalue weighted by Crippen LogP contribution is 2.55. The van der Waals surface area contributed by atoms with E-state index >= 15 is 0 Å². The third-order valence-electron chi connectivity index (χ3n) is 11.5. The number of carbonyl (C=O) groups excluding carboxylic acids is 4. The van der Waals surface area contributed by atoms with Gasteiger partial charge in [0.1, 0.15) is 11.5 Å². The average Bonchev–Trinajstić information content (AvgIpc) is 3.38. The Labute approximate surface area is 319 Å². The van der Waals surface area contributed by atoms with E-state index in [1.807, 2.05) is 125 Å². The van der Waals surface area contributed by atoms with Crippen molar-refractivity contribution in [3.05, 3.63) is 165 Å². The zero-order chi connectivity index (χ0) is 38.2. The molecule has 0 bridgehead atoms. The molecule has 0 amide bonds. The first-order chi connectivity index (χ1) is 26.8. The van der Waals surface area contributed by atoms with Crippen molar-refractivity contribution in [3.63, 3.8) is 0 Å². The summed E-state index contributed by atoms with van der Waals surface area (Å²) in [7, 11) is 0. The van der Waals surface area contributed by atoms with E-state index in [1.54, 1.807) is 12.1 Å². The van der Waals surface area contributed by atoms with E-state index < -0.39 is 5.79 Å². The molecular weight excluding hydrogens is 685 g/mol. The number of carbonyl (C=O) groups is 4. The lowest BCUT2D eigenvalue weighted by Gasteiger charge is -2.34. The number of ketones is 4. The number of hydrogen-bond acceptors (Lipinski definition) is 6. The summed E-state index contributed by atoms with van der Waals surface area (Å²) in [4.78, 5) is 58.0. The first kappa shape index (κ1) is 34.4. The fourth-order valence-corrected chi connectivity index (χ4v) is 9.03. The molecule has 55 heavy (non-hydrogen) atoms. The van der Waals surface area contributed by atoms with Crippen molar-refractivity contribution in [2.75, 3.05) is 0 Å². The summed E-state index contributed by atoms with van der Waals surface area (Å²) >= 11 is 0. The summed E-state index contributed by atoms with van der Waals surface area (Å²) < 4.78 is 14.6.